The van der Waals surface area contributed by atoms with Crippen LogP contribution >= 0.6 is 27.5 Å². The van der Waals surface area contributed by atoms with E-state index >= 15 is 0 Å². The highest BCUT2D eigenvalue weighted by Gasteiger charge is 2.28. The molecule has 4 heteroatoms. The molecule has 0 atom stereocenters. The Morgan fingerprint density at radius 1 is 1.42 bits per heavy atom. The van der Waals surface area contributed by atoms with E-state index in [2.05, 4.69) is 20.8 Å². The molecule has 1 aromatic carbocycles. The highest BCUT2D eigenvalue weighted by atomic mass is 79.9. The molecule has 0 unspecified atom stereocenters. The fourth-order valence-corrected chi connectivity index (χ4v) is 2.83. The van der Waals surface area contributed by atoms with Gasteiger partial charge in [0.05, 0.1) is 6.42 Å². The lowest BCUT2D eigenvalue weighted by Gasteiger charge is -2.37. The van der Waals surface area contributed by atoms with Gasteiger partial charge in [-0.25, -0.2) is 0 Å². The van der Waals surface area contributed by atoms with Gasteiger partial charge in [0, 0.05) is 22.9 Å². The molecular formula is C15H19BrClNO. The lowest BCUT2D eigenvalue weighted by atomic mass is 9.91. The topological polar surface area (TPSA) is 20.3 Å². The second kappa shape index (κ2) is 7.30. The van der Waals surface area contributed by atoms with Gasteiger partial charge in [-0.1, -0.05) is 39.7 Å². The normalized spacial score (nSPS) is 15.1. The van der Waals surface area contributed by atoms with Crippen molar-refractivity contribution in [1.29, 1.82) is 0 Å². The van der Waals surface area contributed by atoms with Crippen LogP contribution in [0.4, 0.5) is 0 Å². The van der Waals surface area contributed by atoms with Crippen molar-refractivity contribution in [1.82, 2.24) is 4.90 Å². The van der Waals surface area contributed by atoms with Gasteiger partial charge in [0.1, 0.15) is 0 Å². The van der Waals surface area contributed by atoms with Crippen LogP contribution in [0.1, 0.15) is 31.2 Å². The molecule has 2 nitrogen and oxygen atoms in total. The summed E-state index contributed by atoms with van der Waals surface area (Å²) >= 11 is 9.40. The van der Waals surface area contributed by atoms with Gasteiger partial charge < -0.3 is 4.90 Å². The predicted molar refractivity (Wildman–Crippen MR) is 82.9 cm³/mol. The molecule has 1 aliphatic rings. The van der Waals surface area contributed by atoms with Gasteiger partial charge in [-0.3, -0.25) is 4.79 Å². The number of rotatable bonds is 6. The van der Waals surface area contributed by atoms with Crippen LogP contribution in [0.2, 0.25) is 5.02 Å². The third-order valence-electron chi connectivity index (χ3n) is 3.61. The Hall–Kier alpha value is -0.540. The van der Waals surface area contributed by atoms with E-state index in [1.807, 2.05) is 24.3 Å². The van der Waals surface area contributed by atoms with Gasteiger partial charge in [0.25, 0.3) is 0 Å². The van der Waals surface area contributed by atoms with E-state index in [0.29, 0.717) is 17.5 Å². The van der Waals surface area contributed by atoms with E-state index < -0.39 is 0 Å². The summed E-state index contributed by atoms with van der Waals surface area (Å²) < 4.78 is 0. The Balaban J connectivity index is 1.98. The molecule has 0 radical (unpaired) electrons. The molecule has 0 heterocycles. The summed E-state index contributed by atoms with van der Waals surface area (Å²) in [5.41, 5.74) is 1.00. The van der Waals surface area contributed by atoms with E-state index in [4.69, 9.17) is 11.6 Å². The van der Waals surface area contributed by atoms with Crippen molar-refractivity contribution in [3.63, 3.8) is 0 Å². The standard InChI is InChI=1S/C15H19BrClNO/c16-8-3-9-18(14-6-2-7-14)15(19)11-12-4-1-5-13(17)10-12/h1,4-5,10,14H,2-3,6-9,11H2. The molecule has 19 heavy (non-hydrogen) atoms. The summed E-state index contributed by atoms with van der Waals surface area (Å²) in [5, 5.41) is 1.64. The van der Waals surface area contributed by atoms with Crippen molar-refractivity contribution in [2.24, 2.45) is 0 Å². The zero-order valence-electron chi connectivity index (χ0n) is 10.9. The molecule has 1 aliphatic carbocycles. The third kappa shape index (κ3) is 4.22. The zero-order chi connectivity index (χ0) is 13.7. The summed E-state index contributed by atoms with van der Waals surface area (Å²) in [5.74, 6) is 0.230. The number of carbonyl (C=O) groups excluding carboxylic acids is 1. The molecular weight excluding hydrogens is 326 g/mol. The van der Waals surface area contributed by atoms with Crippen LogP contribution in [0.3, 0.4) is 0 Å². The van der Waals surface area contributed by atoms with Gasteiger partial charge in [-0.05, 0) is 43.4 Å². The summed E-state index contributed by atoms with van der Waals surface area (Å²) in [6.45, 7) is 0.856. The van der Waals surface area contributed by atoms with Crippen molar-refractivity contribution in [2.75, 3.05) is 11.9 Å². The number of alkyl halides is 1. The fourth-order valence-electron chi connectivity index (χ4n) is 2.36. The van der Waals surface area contributed by atoms with Crippen LogP contribution in [0, 0.1) is 0 Å². The highest BCUT2D eigenvalue weighted by molar-refractivity contribution is 9.09. The average molecular weight is 345 g/mol. The van der Waals surface area contributed by atoms with E-state index in [9.17, 15) is 4.79 Å². The number of benzene rings is 1. The first-order valence-corrected chi connectivity index (χ1v) is 8.30. The molecule has 0 aromatic heterocycles. The zero-order valence-corrected chi connectivity index (χ0v) is 13.3. The maximum absolute atomic E-state index is 12.4. The molecule has 0 saturated heterocycles. The fraction of sp³-hybridized carbons (Fsp3) is 0.533. The van der Waals surface area contributed by atoms with Gasteiger partial charge >= 0.3 is 0 Å². The van der Waals surface area contributed by atoms with Crippen molar-refractivity contribution in [2.45, 2.75) is 38.1 Å². The summed E-state index contributed by atoms with van der Waals surface area (Å²) in [4.78, 5) is 14.5. The minimum atomic E-state index is 0.230. The Labute approximate surface area is 128 Å². The molecule has 0 aliphatic heterocycles. The van der Waals surface area contributed by atoms with Crippen molar-refractivity contribution in [3.05, 3.63) is 34.9 Å². The number of halogens is 2. The second-order valence-electron chi connectivity index (χ2n) is 5.02. The molecule has 1 aromatic rings. The van der Waals surface area contributed by atoms with E-state index in [1.54, 1.807) is 0 Å². The van der Waals surface area contributed by atoms with Crippen LogP contribution in [0.5, 0.6) is 0 Å². The van der Waals surface area contributed by atoms with Gasteiger partial charge in [0.15, 0.2) is 0 Å². The highest BCUT2D eigenvalue weighted by Crippen LogP contribution is 2.26. The number of amides is 1. The monoisotopic (exact) mass is 343 g/mol. The molecule has 0 spiro atoms. The number of hydrogen-bond donors (Lipinski definition) is 0. The van der Waals surface area contributed by atoms with E-state index in [1.165, 1.54) is 6.42 Å². The second-order valence-corrected chi connectivity index (χ2v) is 6.25. The molecule has 1 fully saturated rings. The van der Waals surface area contributed by atoms with Crippen LogP contribution in [0.15, 0.2) is 24.3 Å². The predicted octanol–water partition coefficient (Wildman–Crippen LogP) is 4.05. The lowest BCUT2D eigenvalue weighted by molar-refractivity contribution is -0.134. The van der Waals surface area contributed by atoms with Gasteiger partial charge in [0.2, 0.25) is 5.91 Å². The number of carbonyl (C=O) groups is 1. The van der Waals surface area contributed by atoms with E-state index in [-0.39, 0.29) is 5.91 Å². The van der Waals surface area contributed by atoms with Gasteiger partial charge in [-0.2, -0.15) is 0 Å². The molecule has 1 saturated carbocycles. The lowest BCUT2D eigenvalue weighted by Crippen LogP contribution is -2.45. The Kier molecular flexibility index (Phi) is 5.71. The molecule has 2 rings (SSSR count). The van der Waals surface area contributed by atoms with Crippen LogP contribution < -0.4 is 0 Å². The summed E-state index contributed by atoms with van der Waals surface area (Å²) in [6.07, 6.45) is 5.03. The minimum absolute atomic E-state index is 0.230. The first-order chi connectivity index (χ1) is 9.20. The Morgan fingerprint density at radius 2 is 2.21 bits per heavy atom. The molecule has 0 bridgehead atoms. The summed E-state index contributed by atoms with van der Waals surface area (Å²) in [6, 6.07) is 8.04. The molecule has 104 valence electrons. The Bertz CT molecular complexity index is 434. The largest absolute Gasteiger partial charge is 0.339 e. The first kappa shape index (κ1) is 14.9. The average Bonchev–Trinajstić information content (AvgIpc) is 2.31. The first-order valence-electron chi connectivity index (χ1n) is 6.80. The van der Waals surface area contributed by atoms with E-state index in [0.717, 1.165) is 36.7 Å². The van der Waals surface area contributed by atoms with Crippen molar-refractivity contribution < 1.29 is 4.79 Å². The maximum atomic E-state index is 12.4. The SMILES string of the molecule is O=C(Cc1cccc(Cl)c1)N(CCCBr)C1CCC1. The number of nitrogens with zero attached hydrogens (tertiary/aromatic N) is 1. The van der Waals surface area contributed by atoms with Crippen molar-refractivity contribution >= 4 is 33.4 Å². The van der Waals surface area contributed by atoms with Crippen LogP contribution in [-0.2, 0) is 11.2 Å². The van der Waals surface area contributed by atoms with Crippen molar-refractivity contribution in [3.8, 4) is 0 Å². The third-order valence-corrected chi connectivity index (χ3v) is 4.41. The van der Waals surface area contributed by atoms with Crippen LogP contribution in [-0.4, -0.2) is 28.7 Å². The Morgan fingerprint density at radius 3 is 2.79 bits per heavy atom. The minimum Gasteiger partial charge on any atom is -0.339 e. The van der Waals surface area contributed by atoms with Crippen LogP contribution in [0.25, 0.3) is 0 Å². The molecule has 0 N–H and O–H groups in total. The maximum Gasteiger partial charge on any atom is 0.227 e. The smallest absolute Gasteiger partial charge is 0.227 e. The quantitative estimate of drug-likeness (QED) is 0.713. The molecule has 1 amide bonds. The number of hydrogen-bond acceptors (Lipinski definition) is 1. The summed E-state index contributed by atoms with van der Waals surface area (Å²) in [7, 11) is 0. The van der Waals surface area contributed by atoms with Gasteiger partial charge in [-0.15, -0.1) is 0 Å².